The van der Waals surface area contributed by atoms with Gasteiger partial charge in [0.1, 0.15) is 22.8 Å². The van der Waals surface area contributed by atoms with Gasteiger partial charge in [0.15, 0.2) is 11.4 Å². The van der Waals surface area contributed by atoms with Gasteiger partial charge in [0.2, 0.25) is 0 Å². The molecule has 3 aromatic heterocycles. The Balaban J connectivity index is 0.000000360. The molecule has 1 aromatic carbocycles. The number of hydrogen-bond donors (Lipinski definition) is 0. The van der Waals surface area contributed by atoms with Crippen LogP contribution in [-0.2, 0) is 6.54 Å². The smallest absolute Gasteiger partial charge is 0.404 e. The van der Waals surface area contributed by atoms with E-state index >= 15 is 0 Å². The lowest BCUT2D eigenvalue weighted by atomic mass is 9.84. The van der Waals surface area contributed by atoms with Gasteiger partial charge in [0, 0.05) is 24.0 Å². The number of fused-ring (bicyclic) bond motifs is 1. The normalized spacial score (nSPS) is 14.2. The molecular formula is C27H25F5N4O2. The van der Waals surface area contributed by atoms with Gasteiger partial charge >= 0.3 is 6.36 Å². The molecule has 1 saturated carbocycles. The zero-order valence-electron chi connectivity index (χ0n) is 20.5. The maximum Gasteiger partial charge on any atom is 0.573 e. The molecule has 0 atom stereocenters. The SMILES string of the molecule is Cc1cnc2cc(C3CCCCC3)c(=O)n(Cc3ncccc3OC(F)(F)F)c2n1.Fc1cccc(F)c1. The highest BCUT2D eigenvalue weighted by Gasteiger charge is 2.32. The monoisotopic (exact) mass is 532 g/mol. The third-order valence-corrected chi connectivity index (χ3v) is 6.16. The van der Waals surface area contributed by atoms with Gasteiger partial charge in [-0.05, 0) is 56.0 Å². The molecule has 0 unspecified atom stereocenters. The predicted molar refractivity (Wildman–Crippen MR) is 131 cm³/mol. The van der Waals surface area contributed by atoms with Crippen LogP contribution in [0, 0.1) is 18.6 Å². The summed E-state index contributed by atoms with van der Waals surface area (Å²) in [7, 11) is 0. The fourth-order valence-corrected chi connectivity index (χ4v) is 4.46. The molecule has 38 heavy (non-hydrogen) atoms. The summed E-state index contributed by atoms with van der Waals surface area (Å²) in [6.07, 6.45) is 3.18. The Hall–Kier alpha value is -3.89. The first-order chi connectivity index (χ1) is 18.1. The molecule has 0 amide bonds. The van der Waals surface area contributed by atoms with E-state index in [0.717, 1.165) is 38.2 Å². The minimum Gasteiger partial charge on any atom is -0.404 e. The summed E-state index contributed by atoms with van der Waals surface area (Å²) < 4.78 is 67.8. The first-order valence-corrected chi connectivity index (χ1v) is 12.1. The van der Waals surface area contributed by atoms with Crippen LogP contribution in [0.5, 0.6) is 5.75 Å². The van der Waals surface area contributed by atoms with E-state index in [9.17, 15) is 26.7 Å². The topological polar surface area (TPSA) is 69.9 Å². The van der Waals surface area contributed by atoms with Crippen LogP contribution in [0.25, 0.3) is 11.2 Å². The van der Waals surface area contributed by atoms with E-state index < -0.39 is 23.7 Å². The summed E-state index contributed by atoms with van der Waals surface area (Å²) in [5.74, 6) is -1.40. The van der Waals surface area contributed by atoms with Crippen LogP contribution in [0.2, 0.25) is 0 Å². The standard InChI is InChI=1S/C21H21F3N4O2.C6H4F2/c1-13-11-26-16-10-15(14-6-3-2-4-7-14)20(29)28(19(16)27-13)12-17-18(8-5-9-25-17)30-21(22,23)24;7-5-2-1-3-6(8)4-5/h5,8-11,14H,2-4,6-7,12H2,1H3;1-4H. The van der Waals surface area contributed by atoms with Crippen molar-refractivity contribution in [3.05, 3.63) is 93.8 Å². The molecule has 3 heterocycles. The number of halogens is 5. The number of ether oxygens (including phenoxy) is 1. The van der Waals surface area contributed by atoms with Crippen LogP contribution in [-0.4, -0.2) is 25.9 Å². The van der Waals surface area contributed by atoms with Crippen molar-refractivity contribution in [1.29, 1.82) is 0 Å². The number of pyridine rings is 2. The zero-order valence-corrected chi connectivity index (χ0v) is 20.5. The number of nitrogens with zero attached hydrogens (tertiary/aromatic N) is 4. The van der Waals surface area contributed by atoms with Gasteiger partial charge < -0.3 is 4.74 Å². The number of aryl methyl sites for hydroxylation is 1. The molecule has 0 saturated heterocycles. The summed E-state index contributed by atoms with van der Waals surface area (Å²) in [6, 6.07) is 8.87. The largest absolute Gasteiger partial charge is 0.573 e. The van der Waals surface area contributed by atoms with Crippen molar-refractivity contribution in [2.45, 2.75) is 57.9 Å². The predicted octanol–water partition coefficient (Wildman–Crippen LogP) is 6.45. The maximum absolute atomic E-state index is 13.4. The van der Waals surface area contributed by atoms with E-state index in [1.54, 1.807) is 19.2 Å². The van der Waals surface area contributed by atoms with E-state index in [-0.39, 0.29) is 23.7 Å². The molecule has 5 rings (SSSR count). The Bertz CT molecular complexity index is 1450. The summed E-state index contributed by atoms with van der Waals surface area (Å²) in [4.78, 5) is 26.3. The van der Waals surface area contributed by atoms with Gasteiger partial charge in [-0.2, -0.15) is 0 Å². The first-order valence-electron chi connectivity index (χ1n) is 12.1. The molecule has 6 nitrogen and oxygen atoms in total. The molecular weight excluding hydrogens is 507 g/mol. The summed E-state index contributed by atoms with van der Waals surface area (Å²) in [6.45, 7) is 1.55. The zero-order chi connectivity index (χ0) is 27.3. The number of aromatic nitrogens is 4. The Morgan fingerprint density at radius 2 is 1.71 bits per heavy atom. The third-order valence-electron chi connectivity index (χ3n) is 6.16. The molecule has 0 spiro atoms. The third kappa shape index (κ3) is 6.90. The second-order valence-electron chi connectivity index (χ2n) is 8.98. The van der Waals surface area contributed by atoms with Crippen molar-refractivity contribution in [3.63, 3.8) is 0 Å². The first kappa shape index (κ1) is 27.2. The van der Waals surface area contributed by atoms with E-state index in [1.165, 1.54) is 41.1 Å². The number of hydrogen-bond acceptors (Lipinski definition) is 5. The number of rotatable bonds is 4. The van der Waals surface area contributed by atoms with Crippen molar-refractivity contribution >= 4 is 11.2 Å². The van der Waals surface area contributed by atoms with Gasteiger partial charge in [-0.1, -0.05) is 25.3 Å². The van der Waals surface area contributed by atoms with Crippen LogP contribution >= 0.6 is 0 Å². The van der Waals surface area contributed by atoms with Gasteiger partial charge in [-0.15, -0.1) is 13.2 Å². The quantitative estimate of drug-likeness (QED) is 0.283. The molecule has 0 radical (unpaired) electrons. The van der Waals surface area contributed by atoms with E-state index in [4.69, 9.17) is 0 Å². The lowest BCUT2D eigenvalue weighted by Crippen LogP contribution is -2.29. The fourth-order valence-electron chi connectivity index (χ4n) is 4.46. The van der Waals surface area contributed by atoms with Gasteiger partial charge in [0.05, 0.1) is 12.2 Å². The highest BCUT2D eigenvalue weighted by atomic mass is 19.4. The van der Waals surface area contributed by atoms with Crippen molar-refractivity contribution < 1.29 is 26.7 Å². The van der Waals surface area contributed by atoms with Gasteiger partial charge in [-0.25, -0.2) is 13.8 Å². The lowest BCUT2D eigenvalue weighted by molar-refractivity contribution is -0.275. The molecule has 4 aromatic rings. The minimum absolute atomic E-state index is 0.00215. The average molecular weight is 533 g/mol. The van der Waals surface area contributed by atoms with Crippen molar-refractivity contribution in [1.82, 2.24) is 19.5 Å². The van der Waals surface area contributed by atoms with Crippen LogP contribution in [0.1, 0.15) is 55.0 Å². The highest BCUT2D eigenvalue weighted by Crippen LogP contribution is 2.32. The second-order valence-corrected chi connectivity index (χ2v) is 8.98. The number of benzene rings is 1. The van der Waals surface area contributed by atoms with E-state index in [2.05, 4.69) is 19.7 Å². The molecule has 0 N–H and O–H groups in total. The molecule has 0 bridgehead atoms. The molecule has 11 heteroatoms. The van der Waals surface area contributed by atoms with Crippen LogP contribution in [0.15, 0.2) is 59.7 Å². The molecule has 1 fully saturated rings. The summed E-state index contributed by atoms with van der Waals surface area (Å²) in [5, 5.41) is 0. The van der Waals surface area contributed by atoms with Crippen molar-refractivity contribution in [2.24, 2.45) is 0 Å². The summed E-state index contributed by atoms with van der Waals surface area (Å²) >= 11 is 0. The Labute approximate surface area is 215 Å². The highest BCUT2D eigenvalue weighted by molar-refractivity contribution is 5.71. The Morgan fingerprint density at radius 1 is 1.00 bits per heavy atom. The second kappa shape index (κ2) is 11.7. The van der Waals surface area contributed by atoms with Crippen molar-refractivity contribution in [2.75, 3.05) is 0 Å². The molecule has 200 valence electrons. The Morgan fingerprint density at radius 3 is 2.34 bits per heavy atom. The van der Waals surface area contributed by atoms with E-state index in [0.29, 0.717) is 22.4 Å². The average Bonchev–Trinajstić information content (AvgIpc) is 2.87. The van der Waals surface area contributed by atoms with Crippen LogP contribution in [0.4, 0.5) is 22.0 Å². The van der Waals surface area contributed by atoms with Gasteiger partial charge in [-0.3, -0.25) is 19.3 Å². The Kier molecular flexibility index (Phi) is 8.33. The molecule has 1 aliphatic carbocycles. The van der Waals surface area contributed by atoms with Crippen LogP contribution < -0.4 is 10.3 Å². The molecule has 0 aliphatic heterocycles. The van der Waals surface area contributed by atoms with Gasteiger partial charge in [0.25, 0.3) is 5.56 Å². The lowest BCUT2D eigenvalue weighted by Gasteiger charge is -2.23. The fraction of sp³-hybridized carbons (Fsp3) is 0.333. The summed E-state index contributed by atoms with van der Waals surface area (Å²) in [5.41, 5.74) is 1.84. The minimum atomic E-state index is -4.86. The maximum atomic E-state index is 13.4. The van der Waals surface area contributed by atoms with E-state index in [1.807, 2.05) is 0 Å². The van der Waals surface area contributed by atoms with Crippen molar-refractivity contribution in [3.8, 4) is 5.75 Å². The number of alkyl halides is 3. The molecule has 1 aliphatic rings. The van der Waals surface area contributed by atoms with Crippen LogP contribution in [0.3, 0.4) is 0 Å².